The van der Waals surface area contributed by atoms with Crippen molar-refractivity contribution in [2.75, 3.05) is 11.9 Å². The minimum atomic E-state index is -1.11. The average molecular weight is 427 g/mol. The highest BCUT2D eigenvalue weighted by Gasteiger charge is 2.18. The summed E-state index contributed by atoms with van der Waals surface area (Å²) >= 11 is 0. The van der Waals surface area contributed by atoms with Gasteiger partial charge in [-0.25, -0.2) is 14.6 Å². The number of hydrogen-bond donors (Lipinski definition) is 4. The van der Waals surface area contributed by atoms with Crippen LogP contribution in [-0.4, -0.2) is 49.8 Å². The van der Waals surface area contributed by atoms with Crippen LogP contribution in [0.1, 0.15) is 33.2 Å². The van der Waals surface area contributed by atoms with Gasteiger partial charge in [-0.1, -0.05) is 24.3 Å². The lowest BCUT2D eigenvalue weighted by Crippen LogP contribution is -2.16. The third-order valence-electron chi connectivity index (χ3n) is 4.32. The number of aromatic nitrogens is 1. The van der Waals surface area contributed by atoms with Crippen molar-refractivity contribution in [1.82, 2.24) is 4.98 Å². The van der Waals surface area contributed by atoms with E-state index in [9.17, 15) is 24.8 Å². The maximum absolute atomic E-state index is 11.0. The smallest absolute Gasteiger partial charge is 0.335 e. The van der Waals surface area contributed by atoms with E-state index in [1.807, 2.05) is 6.07 Å². The number of para-hydroxylation sites is 1. The number of nitrogens with one attached hydrogen (secondary N) is 1. The summed E-state index contributed by atoms with van der Waals surface area (Å²) in [6, 6.07) is 11.3. The molecule has 1 heterocycles. The second kappa shape index (κ2) is 10.1. The standard InChI is InChI=1S/C12H13N3O3.C9H8O4/c1-8(16)6-14-12-9-4-2-3-5-10(9)13-7-11(12)15(17)18;1-5-6(8(10)11)3-2-4-7(5)9(12)13/h2-5,7-8,16H,6H2,1H3,(H,13,14);2-4H,1H3,(H,10,11)(H,12,13). The van der Waals surface area contributed by atoms with Gasteiger partial charge in [0.15, 0.2) is 0 Å². The van der Waals surface area contributed by atoms with E-state index in [0.29, 0.717) is 16.6 Å². The minimum Gasteiger partial charge on any atom is -0.478 e. The van der Waals surface area contributed by atoms with E-state index in [1.165, 1.54) is 31.3 Å². The van der Waals surface area contributed by atoms with Gasteiger partial charge in [-0.05, 0) is 37.6 Å². The van der Waals surface area contributed by atoms with E-state index in [1.54, 1.807) is 25.1 Å². The minimum absolute atomic E-state index is 0.0277. The Balaban J connectivity index is 0.000000233. The van der Waals surface area contributed by atoms with Crippen molar-refractivity contribution in [3.8, 4) is 0 Å². The van der Waals surface area contributed by atoms with Crippen LogP contribution in [0.25, 0.3) is 10.9 Å². The SMILES string of the molecule is CC(O)CNc1c([N+](=O)[O-])cnc2ccccc12.Cc1c(C(=O)O)cccc1C(=O)O. The maximum atomic E-state index is 11.0. The summed E-state index contributed by atoms with van der Waals surface area (Å²) in [7, 11) is 0. The van der Waals surface area contributed by atoms with Crippen LogP contribution < -0.4 is 5.32 Å². The molecule has 162 valence electrons. The number of carboxylic acid groups (broad SMARTS) is 2. The molecule has 0 aliphatic rings. The van der Waals surface area contributed by atoms with E-state index in [-0.39, 0.29) is 28.9 Å². The van der Waals surface area contributed by atoms with Crippen LogP contribution in [0.2, 0.25) is 0 Å². The Morgan fingerprint density at radius 3 is 2.19 bits per heavy atom. The Hall–Kier alpha value is -4.05. The molecule has 1 unspecified atom stereocenters. The van der Waals surface area contributed by atoms with Gasteiger partial charge in [0.2, 0.25) is 0 Å². The summed E-state index contributed by atoms with van der Waals surface area (Å²) in [6.07, 6.45) is 0.642. The van der Waals surface area contributed by atoms with E-state index < -0.39 is 23.0 Å². The monoisotopic (exact) mass is 427 g/mol. The Labute approximate surface area is 176 Å². The zero-order chi connectivity index (χ0) is 23.1. The molecule has 3 aromatic rings. The second-order valence-electron chi connectivity index (χ2n) is 6.61. The molecule has 0 saturated heterocycles. The maximum Gasteiger partial charge on any atom is 0.335 e. The van der Waals surface area contributed by atoms with Gasteiger partial charge in [-0.3, -0.25) is 10.1 Å². The Morgan fingerprint density at radius 1 is 1.10 bits per heavy atom. The fraction of sp³-hybridized carbons (Fsp3) is 0.190. The van der Waals surface area contributed by atoms with E-state index in [4.69, 9.17) is 10.2 Å². The van der Waals surface area contributed by atoms with Crippen LogP contribution in [0.5, 0.6) is 0 Å². The molecule has 1 aromatic heterocycles. The molecule has 0 fully saturated rings. The largest absolute Gasteiger partial charge is 0.478 e. The first-order valence-corrected chi connectivity index (χ1v) is 9.13. The van der Waals surface area contributed by atoms with Crippen LogP contribution in [0.3, 0.4) is 0 Å². The number of nitro groups is 1. The number of aromatic carboxylic acids is 2. The molecule has 10 nitrogen and oxygen atoms in total. The highest BCUT2D eigenvalue weighted by Crippen LogP contribution is 2.31. The van der Waals surface area contributed by atoms with Gasteiger partial charge in [0.05, 0.1) is 27.7 Å². The summed E-state index contributed by atoms with van der Waals surface area (Å²) in [5, 5.41) is 41.2. The number of aliphatic hydroxyl groups excluding tert-OH is 1. The lowest BCUT2D eigenvalue weighted by molar-refractivity contribution is -0.384. The number of fused-ring (bicyclic) bond motifs is 1. The van der Waals surface area contributed by atoms with Crippen molar-refractivity contribution in [3.63, 3.8) is 0 Å². The van der Waals surface area contributed by atoms with Gasteiger partial charge in [0.1, 0.15) is 11.9 Å². The Bertz CT molecular complexity index is 1100. The summed E-state index contributed by atoms with van der Waals surface area (Å²) in [6.45, 7) is 3.34. The van der Waals surface area contributed by atoms with Gasteiger partial charge in [0, 0.05) is 11.9 Å². The summed E-state index contributed by atoms with van der Waals surface area (Å²) < 4.78 is 0. The quantitative estimate of drug-likeness (QED) is 0.341. The van der Waals surface area contributed by atoms with Crippen LogP contribution in [-0.2, 0) is 0 Å². The van der Waals surface area contributed by atoms with Crippen molar-refractivity contribution in [3.05, 3.63) is 75.5 Å². The first-order chi connectivity index (χ1) is 14.6. The van der Waals surface area contributed by atoms with Gasteiger partial charge in [-0.2, -0.15) is 0 Å². The van der Waals surface area contributed by atoms with Crippen LogP contribution in [0.4, 0.5) is 11.4 Å². The third kappa shape index (κ3) is 5.73. The topological polar surface area (TPSA) is 163 Å². The predicted molar refractivity (Wildman–Crippen MR) is 114 cm³/mol. The predicted octanol–water partition coefficient (Wildman–Crippen LogP) is 3.33. The molecule has 2 aromatic carbocycles. The number of rotatable bonds is 6. The number of nitrogens with zero attached hydrogens (tertiary/aromatic N) is 2. The number of benzene rings is 2. The molecular formula is C21H21N3O7. The van der Waals surface area contributed by atoms with Crippen LogP contribution in [0.15, 0.2) is 48.7 Å². The number of carbonyl (C=O) groups is 2. The molecular weight excluding hydrogens is 406 g/mol. The van der Waals surface area contributed by atoms with Gasteiger partial charge >= 0.3 is 17.6 Å². The zero-order valence-corrected chi connectivity index (χ0v) is 16.8. The molecule has 0 amide bonds. The zero-order valence-electron chi connectivity index (χ0n) is 16.8. The van der Waals surface area contributed by atoms with Gasteiger partial charge in [0.25, 0.3) is 0 Å². The number of pyridine rings is 1. The normalized spacial score (nSPS) is 11.2. The van der Waals surface area contributed by atoms with Crippen molar-refractivity contribution in [2.24, 2.45) is 0 Å². The first-order valence-electron chi connectivity index (χ1n) is 9.13. The third-order valence-corrected chi connectivity index (χ3v) is 4.32. The summed E-state index contributed by atoms with van der Waals surface area (Å²) in [5.41, 5.74) is 1.32. The second-order valence-corrected chi connectivity index (χ2v) is 6.61. The fourth-order valence-electron chi connectivity index (χ4n) is 2.80. The molecule has 0 spiro atoms. The highest BCUT2D eigenvalue weighted by molar-refractivity contribution is 5.96. The van der Waals surface area contributed by atoms with Crippen molar-refractivity contribution < 1.29 is 29.8 Å². The van der Waals surface area contributed by atoms with E-state index in [2.05, 4.69) is 10.3 Å². The molecule has 10 heteroatoms. The molecule has 0 aliphatic heterocycles. The molecule has 0 aliphatic carbocycles. The van der Waals surface area contributed by atoms with Crippen LogP contribution in [0, 0.1) is 17.0 Å². The van der Waals surface area contributed by atoms with E-state index in [0.717, 1.165) is 0 Å². The molecule has 1 atom stereocenters. The van der Waals surface area contributed by atoms with Gasteiger partial charge < -0.3 is 20.6 Å². The lowest BCUT2D eigenvalue weighted by atomic mass is 10.0. The number of carboxylic acids is 2. The molecule has 31 heavy (non-hydrogen) atoms. The van der Waals surface area contributed by atoms with E-state index >= 15 is 0 Å². The fourth-order valence-corrected chi connectivity index (χ4v) is 2.80. The molecule has 4 N–H and O–H groups in total. The highest BCUT2D eigenvalue weighted by atomic mass is 16.6. The Morgan fingerprint density at radius 2 is 1.68 bits per heavy atom. The average Bonchev–Trinajstić information content (AvgIpc) is 2.71. The molecule has 0 radical (unpaired) electrons. The Kier molecular flexibility index (Phi) is 7.58. The van der Waals surface area contributed by atoms with Crippen molar-refractivity contribution in [2.45, 2.75) is 20.0 Å². The van der Waals surface area contributed by atoms with Crippen molar-refractivity contribution in [1.29, 1.82) is 0 Å². The number of anilines is 1. The molecule has 0 saturated carbocycles. The lowest BCUT2D eigenvalue weighted by Gasteiger charge is -2.11. The molecule has 3 rings (SSSR count). The number of hydrogen-bond acceptors (Lipinski definition) is 7. The number of aliphatic hydroxyl groups is 1. The van der Waals surface area contributed by atoms with Crippen molar-refractivity contribution >= 4 is 34.2 Å². The summed E-state index contributed by atoms with van der Waals surface area (Å²) in [4.78, 5) is 35.7. The molecule has 0 bridgehead atoms. The summed E-state index contributed by atoms with van der Waals surface area (Å²) in [5.74, 6) is -2.22. The van der Waals surface area contributed by atoms with Gasteiger partial charge in [-0.15, -0.1) is 0 Å². The van der Waals surface area contributed by atoms with Crippen LogP contribution >= 0.6 is 0 Å². The first kappa shape index (κ1) is 23.2.